The van der Waals surface area contributed by atoms with E-state index in [0.717, 1.165) is 36.8 Å². The second-order valence-electron chi connectivity index (χ2n) is 6.84. The number of ether oxygens (including phenoxy) is 2. The number of carbonyl (C=O) groups is 3. The lowest BCUT2D eigenvalue weighted by atomic mass is 9.95. The second kappa shape index (κ2) is 9.48. The number of thiophene rings is 1. The third-order valence-electron chi connectivity index (χ3n) is 4.79. The largest absolute Gasteiger partial charge is 0.497 e. The van der Waals surface area contributed by atoms with Gasteiger partial charge in [0.25, 0.3) is 5.91 Å². The number of hydrogen-bond donors (Lipinski definition) is 2. The van der Waals surface area contributed by atoms with Crippen molar-refractivity contribution in [3.8, 4) is 5.75 Å². The van der Waals surface area contributed by atoms with Gasteiger partial charge in [-0.3, -0.25) is 14.9 Å². The van der Waals surface area contributed by atoms with Crippen LogP contribution in [-0.4, -0.2) is 46.3 Å². The number of sulfone groups is 1. The van der Waals surface area contributed by atoms with Crippen LogP contribution in [0.15, 0.2) is 29.2 Å². The number of amides is 3. The average Bonchev–Trinajstić information content (AvgIpc) is 3.10. The van der Waals surface area contributed by atoms with Crippen molar-refractivity contribution in [3.63, 3.8) is 0 Å². The van der Waals surface area contributed by atoms with Gasteiger partial charge in [0.2, 0.25) is 5.91 Å². The van der Waals surface area contributed by atoms with Crippen molar-refractivity contribution in [2.45, 2.75) is 30.6 Å². The Balaban J connectivity index is 1.82. The Labute approximate surface area is 183 Å². The summed E-state index contributed by atoms with van der Waals surface area (Å²) in [7, 11) is -1.30. The van der Waals surface area contributed by atoms with Crippen LogP contribution in [0.4, 0.5) is 9.80 Å². The molecule has 1 aromatic heterocycles. The number of hydrogen-bond acceptors (Lipinski definition) is 8. The van der Waals surface area contributed by atoms with Crippen LogP contribution in [0, 0.1) is 0 Å². The number of carbonyl (C=O) groups excluding carboxylic acids is 3. The molecule has 3 rings (SSSR count). The van der Waals surface area contributed by atoms with Gasteiger partial charge in [-0.15, -0.1) is 11.3 Å². The van der Waals surface area contributed by atoms with Crippen LogP contribution in [-0.2, 0) is 32.2 Å². The number of fused-ring (bicyclic) bond motifs is 1. The first-order chi connectivity index (χ1) is 14.7. The molecule has 0 unspecified atom stereocenters. The maximum Gasteiger partial charge on any atom is 0.413 e. The third-order valence-corrected chi connectivity index (χ3v) is 7.63. The van der Waals surface area contributed by atoms with Gasteiger partial charge in [-0.05, 0) is 55.5 Å². The van der Waals surface area contributed by atoms with E-state index in [4.69, 9.17) is 4.74 Å². The molecule has 2 aromatic rings. The second-order valence-corrected chi connectivity index (χ2v) is 9.94. The van der Waals surface area contributed by atoms with Gasteiger partial charge in [0.05, 0.1) is 24.7 Å². The van der Waals surface area contributed by atoms with Gasteiger partial charge in [0.15, 0.2) is 9.84 Å². The summed E-state index contributed by atoms with van der Waals surface area (Å²) in [6.07, 6.45) is 2.29. The number of aryl methyl sites for hydroxylation is 1. The molecule has 0 atom stereocenters. The molecule has 166 valence electrons. The Morgan fingerprint density at radius 2 is 1.74 bits per heavy atom. The van der Waals surface area contributed by atoms with Gasteiger partial charge in [-0.1, -0.05) is 0 Å². The normalized spacial score (nSPS) is 13.1. The number of alkyl carbamates (subject to hydrolysis) is 1. The topological polar surface area (TPSA) is 128 Å². The maximum atomic E-state index is 12.6. The standard InChI is InChI=1S/C20H22N2O7S2/c1-28-12-7-9-13(10-8-12)31(26,27)11-16(23)21-19-17(18(24)22-20(25)29-2)14-5-3-4-6-15(14)30-19/h7-10H,3-6,11H2,1-2H3,(H,21,23)(H,22,24,25). The van der Waals surface area contributed by atoms with E-state index >= 15 is 0 Å². The summed E-state index contributed by atoms with van der Waals surface area (Å²) in [6.45, 7) is 0. The summed E-state index contributed by atoms with van der Waals surface area (Å²) in [5.74, 6) is -1.77. The Bertz CT molecular complexity index is 1110. The fourth-order valence-electron chi connectivity index (χ4n) is 3.30. The Hall–Kier alpha value is -2.92. The van der Waals surface area contributed by atoms with Crippen molar-refractivity contribution in [3.05, 3.63) is 40.3 Å². The number of methoxy groups -OCH3 is 2. The number of nitrogens with one attached hydrogen (secondary N) is 2. The van der Waals surface area contributed by atoms with Gasteiger partial charge in [-0.2, -0.15) is 0 Å². The van der Waals surface area contributed by atoms with E-state index in [9.17, 15) is 22.8 Å². The van der Waals surface area contributed by atoms with Crippen molar-refractivity contribution in [2.24, 2.45) is 0 Å². The molecular formula is C20H22N2O7S2. The maximum absolute atomic E-state index is 12.6. The van der Waals surface area contributed by atoms with Crippen molar-refractivity contribution in [1.82, 2.24) is 5.32 Å². The lowest BCUT2D eigenvalue weighted by Crippen LogP contribution is -2.32. The molecule has 1 aliphatic carbocycles. The zero-order valence-electron chi connectivity index (χ0n) is 17.0. The molecule has 11 heteroatoms. The van der Waals surface area contributed by atoms with Crippen LogP contribution in [0.3, 0.4) is 0 Å². The first-order valence-corrected chi connectivity index (χ1v) is 11.9. The minimum atomic E-state index is -3.90. The van der Waals surface area contributed by atoms with Crippen molar-refractivity contribution in [1.29, 1.82) is 0 Å². The molecule has 0 fully saturated rings. The quantitative estimate of drug-likeness (QED) is 0.669. The van der Waals surface area contributed by atoms with Crippen LogP contribution >= 0.6 is 11.3 Å². The lowest BCUT2D eigenvalue weighted by Gasteiger charge is -2.12. The van der Waals surface area contributed by atoms with Crippen molar-refractivity contribution in [2.75, 3.05) is 25.3 Å². The van der Waals surface area contributed by atoms with Crippen LogP contribution < -0.4 is 15.4 Å². The summed E-state index contributed by atoms with van der Waals surface area (Å²) in [6, 6.07) is 5.71. The molecule has 3 amide bonds. The summed E-state index contributed by atoms with van der Waals surface area (Å²) in [5, 5.41) is 4.88. The zero-order valence-corrected chi connectivity index (χ0v) is 18.7. The predicted molar refractivity (Wildman–Crippen MR) is 115 cm³/mol. The molecule has 9 nitrogen and oxygen atoms in total. The van der Waals surface area contributed by atoms with E-state index in [2.05, 4.69) is 15.4 Å². The van der Waals surface area contributed by atoms with E-state index in [1.54, 1.807) is 0 Å². The molecule has 0 radical (unpaired) electrons. The minimum Gasteiger partial charge on any atom is -0.497 e. The number of imide groups is 1. The summed E-state index contributed by atoms with van der Waals surface area (Å²) < 4.78 is 34.7. The van der Waals surface area contributed by atoms with Gasteiger partial charge >= 0.3 is 6.09 Å². The highest BCUT2D eigenvalue weighted by Gasteiger charge is 2.28. The van der Waals surface area contributed by atoms with Crippen molar-refractivity contribution >= 4 is 44.1 Å². The van der Waals surface area contributed by atoms with E-state index < -0.39 is 33.5 Å². The fourth-order valence-corrected chi connectivity index (χ4v) is 5.74. The highest BCUT2D eigenvalue weighted by atomic mass is 32.2. The monoisotopic (exact) mass is 466 g/mol. The number of anilines is 1. The fraction of sp³-hybridized carbons (Fsp3) is 0.350. The van der Waals surface area contributed by atoms with Crippen molar-refractivity contribution < 1.29 is 32.3 Å². The Morgan fingerprint density at radius 3 is 2.39 bits per heavy atom. The summed E-state index contributed by atoms with van der Waals surface area (Å²) in [5.41, 5.74) is 0.950. The third kappa shape index (κ3) is 5.23. The zero-order chi connectivity index (χ0) is 22.6. The first kappa shape index (κ1) is 22.8. The lowest BCUT2D eigenvalue weighted by molar-refractivity contribution is -0.113. The molecule has 0 saturated carbocycles. The van der Waals surface area contributed by atoms with Gasteiger partial charge in [0.1, 0.15) is 16.5 Å². The average molecular weight is 467 g/mol. The van der Waals surface area contributed by atoms with Gasteiger partial charge in [0, 0.05) is 4.88 Å². The molecular weight excluding hydrogens is 444 g/mol. The van der Waals surface area contributed by atoms with E-state index in [1.165, 1.54) is 42.7 Å². The molecule has 1 heterocycles. The van der Waals surface area contributed by atoms with Crippen LogP contribution in [0.25, 0.3) is 0 Å². The molecule has 1 aromatic carbocycles. The SMILES string of the molecule is COC(=O)NC(=O)c1c(NC(=O)CS(=O)(=O)c2ccc(OC)cc2)sc2c1CCCC2. The van der Waals surface area contributed by atoms with Crippen LogP contribution in [0.5, 0.6) is 5.75 Å². The van der Waals surface area contributed by atoms with Crippen LogP contribution in [0.1, 0.15) is 33.6 Å². The highest BCUT2D eigenvalue weighted by Crippen LogP contribution is 2.38. The molecule has 1 aliphatic rings. The molecule has 0 spiro atoms. The Kier molecular flexibility index (Phi) is 6.96. The first-order valence-electron chi connectivity index (χ1n) is 9.45. The molecule has 2 N–H and O–H groups in total. The smallest absolute Gasteiger partial charge is 0.413 e. The van der Waals surface area contributed by atoms with Crippen LogP contribution in [0.2, 0.25) is 0 Å². The van der Waals surface area contributed by atoms with Gasteiger partial charge < -0.3 is 14.8 Å². The summed E-state index contributed by atoms with van der Waals surface area (Å²) in [4.78, 5) is 37.6. The highest BCUT2D eigenvalue weighted by molar-refractivity contribution is 7.92. The van der Waals surface area contributed by atoms with Gasteiger partial charge in [-0.25, -0.2) is 13.2 Å². The number of benzene rings is 1. The predicted octanol–water partition coefficient (Wildman–Crippen LogP) is 2.54. The van der Waals surface area contributed by atoms with E-state index in [0.29, 0.717) is 12.2 Å². The Morgan fingerprint density at radius 1 is 1.06 bits per heavy atom. The molecule has 0 aliphatic heterocycles. The van der Waals surface area contributed by atoms with E-state index in [-0.39, 0.29) is 15.5 Å². The molecule has 0 bridgehead atoms. The molecule has 0 saturated heterocycles. The van der Waals surface area contributed by atoms with E-state index in [1.807, 2.05) is 0 Å². The summed E-state index contributed by atoms with van der Waals surface area (Å²) >= 11 is 1.22. The minimum absolute atomic E-state index is 0.0161. The number of rotatable bonds is 6. The molecule has 31 heavy (non-hydrogen) atoms.